The minimum Gasteiger partial charge on any atom is -0.364 e. The second-order valence-corrected chi connectivity index (χ2v) is 5.91. The first-order valence-corrected chi connectivity index (χ1v) is 7.17. The van der Waals surface area contributed by atoms with E-state index in [-0.39, 0.29) is 6.03 Å². The van der Waals surface area contributed by atoms with Crippen LogP contribution in [-0.2, 0) is 5.72 Å². The number of hydrogen-bond acceptors (Lipinski definition) is 3. The van der Waals surface area contributed by atoms with Crippen molar-refractivity contribution in [3.8, 4) is 0 Å². The standard InChI is InChI=1S/C17H19N3O2/c1-16(2)17(22,13-9-5-3-6-10-13)20(15(21)18-16)19-14-11-7-4-8-12-14/h3-12,19,22H,1-2H3,(H,18,21). The molecule has 22 heavy (non-hydrogen) atoms. The number of rotatable bonds is 3. The van der Waals surface area contributed by atoms with Crippen LogP contribution in [0.5, 0.6) is 0 Å². The van der Waals surface area contributed by atoms with E-state index in [1.54, 1.807) is 13.8 Å². The van der Waals surface area contributed by atoms with Crippen LogP contribution in [0.15, 0.2) is 60.7 Å². The number of para-hydroxylation sites is 1. The van der Waals surface area contributed by atoms with Crippen LogP contribution in [0.25, 0.3) is 0 Å². The molecule has 2 amide bonds. The summed E-state index contributed by atoms with van der Waals surface area (Å²) in [4.78, 5) is 12.4. The maximum absolute atomic E-state index is 12.4. The normalized spacial score (nSPS) is 23.2. The van der Waals surface area contributed by atoms with Crippen LogP contribution in [-0.4, -0.2) is 21.7 Å². The van der Waals surface area contributed by atoms with Gasteiger partial charge in [0.2, 0.25) is 5.72 Å². The lowest BCUT2D eigenvalue weighted by Gasteiger charge is -2.40. The van der Waals surface area contributed by atoms with E-state index < -0.39 is 11.3 Å². The van der Waals surface area contributed by atoms with Gasteiger partial charge in [-0.1, -0.05) is 48.5 Å². The van der Waals surface area contributed by atoms with Crippen molar-refractivity contribution in [2.75, 3.05) is 5.43 Å². The van der Waals surface area contributed by atoms with Crippen molar-refractivity contribution in [1.82, 2.24) is 10.3 Å². The lowest BCUT2D eigenvalue weighted by molar-refractivity contribution is -0.102. The lowest BCUT2D eigenvalue weighted by atomic mass is 9.86. The molecule has 1 saturated heterocycles. The molecule has 1 fully saturated rings. The van der Waals surface area contributed by atoms with E-state index in [1.165, 1.54) is 5.01 Å². The maximum atomic E-state index is 12.4. The number of hydrazine groups is 1. The Bertz CT molecular complexity index is 673. The fraction of sp³-hybridized carbons (Fsp3) is 0.235. The van der Waals surface area contributed by atoms with E-state index in [0.29, 0.717) is 5.56 Å². The molecule has 0 spiro atoms. The summed E-state index contributed by atoms with van der Waals surface area (Å²) < 4.78 is 0. The third-order valence-corrected chi connectivity index (χ3v) is 4.01. The van der Waals surface area contributed by atoms with Crippen LogP contribution >= 0.6 is 0 Å². The van der Waals surface area contributed by atoms with E-state index in [1.807, 2.05) is 60.7 Å². The summed E-state index contributed by atoms with van der Waals surface area (Å²) in [5.74, 6) is 0. The van der Waals surface area contributed by atoms with Crippen LogP contribution in [0.1, 0.15) is 19.4 Å². The number of carbonyl (C=O) groups excluding carboxylic acids is 1. The number of amides is 2. The Morgan fingerprint density at radius 3 is 2.14 bits per heavy atom. The molecule has 3 rings (SSSR count). The second kappa shape index (κ2) is 5.03. The highest BCUT2D eigenvalue weighted by atomic mass is 16.3. The topological polar surface area (TPSA) is 64.6 Å². The van der Waals surface area contributed by atoms with Gasteiger partial charge in [0.1, 0.15) is 0 Å². The van der Waals surface area contributed by atoms with Crippen molar-refractivity contribution in [3.05, 3.63) is 66.2 Å². The number of urea groups is 1. The number of nitrogens with zero attached hydrogens (tertiary/aromatic N) is 1. The summed E-state index contributed by atoms with van der Waals surface area (Å²) in [5, 5.41) is 15.4. The molecule has 2 aromatic carbocycles. The summed E-state index contributed by atoms with van der Waals surface area (Å²) >= 11 is 0. The third kappa shape index (κ3) is 2.10. The molecule has 5 nitrogen and oxygen atoms in total. The van der Waals surface area contributed by atoms with Gasteiger partial charge in [-0.2, -0.15) is 5.01 Å². The van der Waals surface area contributed by atoms with Crippen molar-refractivity contribution in [1.29, 1.82) is 0 Å². The molecule has 2 aromatic rings. The molecule has 0 aliphatic carbocycles. The molecule has 0 bridgehead atoms. The van der Waals surface area contributed by atoms with Crippen molar-refractivity contribution in [3.63, 3.8) is 0 Å². The number of hydrogen-bond donors (Lipinski definition) is 3. The van der Waals surface area contributed by atoms with Gasteiger partial charge in [0, 0.05) is 5.56 Å². The quantitative estimate of drug-likeness (QED) is 0.816. The molecule has 0 aromatic heterocycles. The SMILES string of the molecule is CC1(C)NC(=O)N(Nc2ccccc2)C1(O)c1ccccc1. The zero-order chi connectivity index (χ0) is 15.8. The highest BCUT2D eigenvalue weighted by molar-refractivity contribution is 5.81. The zero-order valence-corrected chi connectivity index (χ0v) is 12.6. The Morgan fingerprint density at radius 1 is 1.00 bits per heavy atom. The summed E-state index contributed by atoms with van der Waals surface area (Å²) in [6.07, 6.45) is 0. The number of nitrogens with one attached hydrogen (secondary N) is 2. The summed E-state index contributed by atoms with van der Waals surface area (Å²) in [5.41, 5.74) is 2.01. The van der Waals surface area contributed by atoms with Gasteiger partial charge < -0.3 is 10.4 Å². The van der Waals surface area contributed by atoms with Gasteiger partial charge >= 0.3 is 6.03 Å². The fourth-order valence-corrected chi connectivity index (χ4v) is 2.77. The van der Waals surface area contributed by atoms with Gasteiger partial charge in [-0.05, 0) is 26.0 Å². The van der Waals surface area contributed by atoms with Crippen LogP contribution in [0.3, 0.4) is 0 Å². The molecule has 1 heterocycles. The average molecular weight is 297 g/mol. The summed E-state index contributed by atoms with van der Waals surface area (Å²) in [7, 11) is 0. The van der Waals surface area contributed by atoms with Crippen molar-refractivity contribution >= 4 is 11.7 Å². The van der Waals surface area contributed by atoms with Gasteiger partial charge in [0.15, 0.2) is 0 Å². The maximum Gasteiger partial charge on any atom is 0.339 e. The Kier molecular flexibility index (Phi) is 3.30. The van der Waals surface area contributed by atoms with Crippen LogP contribution in [0, 0.1) is 0 Å². The minimum atomic E-state index is -1.51. The molecule has 1 unspecified atom stereocenters. The Morgan fingerprint density at radius 2 is 1.55 bits per heavy atom. The monoisotopic (exact) mass is 297 g/mol. The van der Waals surface area contributed by atoms with E-state index >= 15 is 0 Å². The molecule has 1 atom stereocenters. The fourth-order valence-electron chi connectivity index (χ4n) is 2.77. The zero-order valence-electron chi connectivity index (χ0n) is 12.6. The third-order valence-electron chi connectivity index (χ3n) is 4.01. The van der Waals surface area contributed by atoms with Crippen LogP contribution in [0.2, 0.25) is 0 Å². The predicted molar refractivity (Wildman–Crippen MR) is 84.9 cm³/mol. The molecule has 114 valence electrons. The van der Waals surface area contributed by atoms with Crippen LogP contribution in [0.4, 0.5) is 10.5 Å². The highest BCUT2D eigenvalue weighted by Gasteiger charge is 2.59. The van der Waals surface area contributed by atoms with E-state index in [4.69, 9.17) is 0 Å². The molecule has 1 aliphatic rings. The molecule has 5 heteroatoms. The first-order chi connectivity index (χ1) is 10.4. The van der Waals surface area contributed by atoms with E-state index in [2.05, 4.69) is 10.7 Å². The second-order valence-electron chi connectivity index (χ2n) is 5.91. The number of benzene rings is 2. The highest BCUT2D eigenvalue weighted by Crippen LogP contribution is 2.40. The Hall–Kier alpha value is -2.53. The molecule has 0 saturated carbocycles. The summed E-state index contributed by atoms with van der Waals surface area (Å²) in [6.45, 7) is 3.59. The minimum absolute atomic E-state index is 0.375. The van der Waals surface area contributed by atoms with Crippen molar-refractivity contribution in [2.45, 2.75) is 25.1 Å². The van der Waals surface area contributed by atoms with Gasteiger partial charge in [-0.15, -0.1) is 0 Å². The van der Waals surface area contributed by atoms with E-state index in [0.717, 1.165) is 5.69 Å². The predicted octanol–water partition coefficient (Wildman–Crippen LogP) is 2.66. The average Bonchev–Trinajstić information content (AvgIpc) is 2.69. The first kappa shape index (κ1) is 14.4. The van der Waals surface area contributed by atoms with Gasteiger partial charge in [0.25, 0.3) is 0 Å². The molecular formula is C17H19N3O2. The lowest BCUT2D eigenvalue weighted by Crippen LogP contribution is -2.56. The Balaban J connectivity index is 2.05. The van der Waals surface area contributed by atoms with Gasteiger partial charge in [-0.3, -0.25) is 5.43 Å². The smallest absolute Gasteiger partial charge is 0.339 e. The van der Waals surface area contributed by atoms with E-state index in [9.17, 15) is 9.90 Å². The number of carbonyl (C=O) groups is 1. The molecule has 3 N–H and O–H groups in total. The number of aliphatic hydroxyl groups is 1. The van der Waals surface area contributed by atoms with Crippen LogP contribution < -0.4 is 10.7 Å². The van der Waals surface area contributed by atoms with Crippen molar-refractivity contribution < 1.29 is 9.90 Å². The Labute approximate surface area is 129 Å². The van der Waals surface area contributed by atoms with Gasteiger partial charge in [0.05, 0.1) is 11.2 Å². The molecule has 1 aliphatic heterocycles. The van der Waals surface area contributed by atoms with Crippen molar-refractivity contribution in [2.24, 2.45) is 0 Å². The first-order valence-electron chi connectivity index (χ1n) is 7.17. The number of anilines is 1. The molecular weight excluding hydrogens is 278 g/mol. The summed E-state index contributed by atoms with van der Waals surface area (Å²) in [6, 6.07) is 18.1. The van der Waals surface area contributed by atoms with Gasteiger partial charge in [-0.25, -0.2) is 4.79 Å². The largest absolute Gasteiger partial charge is 0.364 e. The molecule has 0 radical (unpaired) electrons.